The Bertz CT molecular complexity index is 2530. The van der Waals surface area contributed by atoms with Crippen LogP contribution in [0.15, 0.2) is 0 Å². The molecule has 43 heteroatoms. The van der Waals surface area contributed by atoms with Gasteiger partial charge in [0.05, 0.1) is 89.7 Å². The molecule has 6 amide bonds. The van der Waals surface area contributed by atoms with Crippen LogP contribution >= 0.6 is 23.0 Å². The van der Waals surface area contributed by atoms with Crippen molar-refractivity contribution in [2.24, 2.45) is 5.92 Å². The Morgan fingerprint density at radius 2 is 0.730 bits per heavy atom. The van der Waals surface area contributed by atoms with Crippen LogP contribution in [0.4, 0.5) is 0 Å². The van der Waals surface area contributed by atoms with Gasteiger partial charge in [-0.3, -0.25) is 57.5 Å². The predicted molar refractivity (Wildman–Crippen MR) is 345 cm³/mol. The Hall–Kier alpha value is -3.49. The van der Waals surface area contributed by atoms with Crippen LogP contribution < -0.4 is 31.9 Å². The van der Waals surface area contributed by atoms with Crippen molar-refractivity contribution >= 4 is 58.5 Å². The molecule has 0 aromatic carbocycles. The van der Waals surface area contributed by atoms with Crippen LogP contribution in [-0.2, 0) is 98.2 Å². The van der Waals surface area contributed by atoms with Gasteiger partial charge in [0.25, 0.3) is 0 Å². The van der Waals surface area contributed by atoms with E-state index in [1.807, 2.05) is 0 Å². The summed E-state index contributed by atoms with van der Waals surface area (Å²) >= 11 is 0. The highest BCUT2D eigenvalue weighted by Gasteiger charge is 2.47. The highest BCUT2D eigenvalue weighted by molar-refractivity contribution is 7.53. The van der Waals surface area contributed by atoms with Crippen LogP contribution in [0.5, 0.6) is 0 Å². The number of phosphoric acid groups is 1. The number of nitrogens with one attached hydrogen (secondary N) is 6. The molecule has 0 aliphatic carbocycles. The molecule has 0 spiro atoms. The molecular formula is C57H109N6O34P3. The molecule has 3 heterocycles. The third-order valence-corrected chi connectivity index (χ3v) is 18.9. The summed E-state index contributed by atoms with van der Waals surface area (Å²) in [6.45, 7) is 1.80. The van der Waals surface area contributed by atoms with Crippen LogP contribution in [-0.4, -0.2) is 299 Å². The molecule has 19 N–H and O–H groups in total. The third-order valence-electron chi connectivity index (χ3n) is 15.8. The quantitative estimate of drug-likeness (QED) is 0.0133. The largest absolute Gasteiger partial charge is 0.472 e. The number of hydrogen-bond acceptors (Lipinski definition) is 33. The molecule has 0 aromatic rings. The van der Waals surface area contributed by atoms with Gasteiger partial charge in [-0.1, -0.05) is 45.4 Å². The second-order valence-corrected chi connectivity index (χ2v) is 29.8. The van der Waals surface area contributed by atoms with Crippen molar-refractivity contribution in [3.8, 4) is 0 Å². The van der Waals surface area contributed by atoms with Gasteiger partial charge in [0.1, 0.15) is 54.8 Å². The molecule has 3 aliphatic heterocycles. The van der Waals surface area contributed by atoms with Gasteiger partial charge in [-0.15, -0.1) is 0 Å². The lowest BCUT2D eigenvalue weighted by atomic mass is 9.89. The molecular weight excluding hydrogens is 1410 g/mol. The minimum atomic E-state index is -5.07. The minimum absolute atomic E-state index is 0.000617. The van der Waals surface area contributed by atoms with Gasteiger partial charge >= 0.3 is 23.0 Å². The second kappa shape index (κ2) is 49.3. The molecule has 0 saturated carbocycles. The van der Waals surface area contributed by atoms with Crippen LogP contribution in [0.1, 0.15) is 124 Å². The minimum Gasteiger partial charge on any atom is -0.394 e. The summed E-state index contributed by atoms with van der Waals surface area (Å²) in [6, 6.07) is -6.67. The van der Waals surface area contributed by atoms with E-state index in [2.05, 4.69) is 36.6 Å². The molecule has 100 heavy (non-hydrogen) atoms. The lowest BCUT2D eigenvalue weighted by molar-refractivity contribution is -0.270. The number of ether oxygens (including phenoxy) is 6. The first kappa shape index (κ1) is 92.6. The molecule has 3 rings (SSSR count). The Morgan fingerprint density at radius 1 is 0.430 bits per heavy atom. The van der Waals surface area contributed by atoms with Crippen LogP contribution in [0.25, 0.3) is 0 Å². The standard InChI is InChI=1S/C57H107N6O32P3.H2O2/c1-34-47(58-35(2)68)55(92-41(26-65)50(34)74)84-22-16-10-7-13-19-44(71)61-38(25-64)29-90-98(82,83)91-33-40(63-46(73)21-15-9-12-18-24-86-57-49(60-37(4)70)54(78)52(76)43(28-67)94-57)31-88-96(5,80)87-30-39(32-89-97(6,81)95-79)62-45(72)20-14-8-11-17-23-85-56-48(59-36(3)69)53(77)51(75)42(27-66)93-56;1-2/h34,38-43,47-57,64-67,74-79H,7-33H2,1-6H3,(H,58,68)(H,59,69)(H,60,70)(H,61,71)(H,62,72)(H,63,73)(H,82,83);1-2H. The first-order valence-electron chi connectivity index (χ1n) is 32.9. The summed E-state index contributed by atoms with van der Waals surface area (Å²) in [5.41, 5.74) is 0. The SMILES string of the molecule is CC(=O)NC1C(OCCCCCCC(=O)NC(CO)COP(=O)(O)OCC(COP(C)(=O)OCC(COP(C)(=O)OO)NC(=O)CCCCCCOC2OC(CO)C(O)C(O)C2NC(C)=O)NC(=O)CCCCCCOC2OC(CO)C(O)C(O)C2NC(C)=O)OC(CO)C(O)C1C.OO. The van der Waals surface area contributed by atoms with Crippen molar-refractivity contribution in [3.63, 3.8) is 0 Å². The van der Waals surface area contributed by atoms with E-state index in [-0.39, 0.29) is 51.4 Å². The number of hydrogen-bond donors (Lipinski definition) is 19. The molecule has 3 aliphatic rings. The Balaban J connectivity index is 0.0000168. The summed E-state index contributed by atoms with van der Waals surface area (Å²) in [6.07, 6.45) is -8.26. The zero-order chi connectivity index (χ0) is 75.2. The number of phosphoric ester groups is 1. The first-order valence-corrected chi connectivity index (χ1v) is 38.4. The number of aliphatic hydroxyl groups excluding tert-OH is 9. The highest BCUT2D eigenvalue weighted by Crippen LogP contribution is 2.46. The summed E-state index contributed by atoms with van der Waals surface area (Å²) in [5.74, 6) is -3.59. The Kier molecular flexibility index (Phi) is 45.7. The average molecular weight is 1520 g/mol. The van der Waals surface area contributed by atoms with Crippen LogP contribution in [0.3, 0.4) is 0 Å². The summed E-state index contributed by atoms with van der Waals surface area (Å²) in [4.78, 5) is 85.4. The zero-order valence-corrected chi connectivity index (χ0v) is 59.9. The predicted octanol–water partition coefficient (Wildman–Crippen LogP) is -2.22. The average Bonchev–Trinajstić information content (AvgIpc) is 0.822. The van der Waals surface area contributed by atoms with Gasteiger partial charge in [-0.25, -0.2) is 9.82 Å². The highest BCUT2D eigenvalue weighted by atomic mass is 31.2. The lowest BCUT2D eigenvalue weighted by Gasteiger charge is -2.43. The molecule has 0 aromatic heterocycles. The van der Waals surface area contributed by atoms with Crippen LogP contribution in [0.2, 0.25) is 0 Å². The fraction of sp³-hybridized carbons (Fsp3) is 0.895. The zero-order valence-electron chi connectivity index (χ0n) is 57.2. The van der Waals surface area contributed by atoms with E-state index in [1.165, 1.54) is 20.8 Å². The maximum absolute atomic E-state index is 13.8. The fourth-order valence-electron chi connectivity index (χ4n) is 10.4. The monoisotopic (exact) mass is 1510 g/mol. The van der Waals surface area contributed by atoms with Crippen molar-refractivity contribution < 1.29 is 165 Å². The smallest absolute Gasteiger partial charge is 0.394 e. The topological polar surface area (TPSA) is 600 Å². The number of unbranched alkanes of at least 4 members (excludes halogenated alkanes) is 9. The number of carbonyl (C=O) groups excluding carboxylic acids is 6. The van der Waals surface area contributed by atoms with E-state index >= 15 is 0 Å². The number of amides is 6. The summed E-state index contributed by atoms with van der Waals surface area (Å²) in [7, 11) is -13.4. The van der Waals surface area contributed by atoms with Gasteiger partial charge in [-0.05, 0) is 38.5 Å². The Labute approximate surface area is 579 Å². The molecule has 3 fully saturated rings. The summed E-state index contributed by atoms with van der Waals surface area (Å²) < 4.78 is 104. The summed E-state index contributed by atoms with van der Waals surface area (Å²) in [5, 5.41) is 127. The molecule has 3 saturated heterocycles. The maximum atomic E-state index is 13.8. The number of rotatable bonds is 50. The van der Waals surface area contributed by atoms with E-state index in [9.17, 15) is 93.3 Å². The molecule has 586 valence electrons. The molecule has 0 bridgehead atoms. The van der Waals surface area contributed by atoms with Gasteiger partial charge in [0, 0.05) is 79.1 Å². The van der Waals surface area contributed by atoms with Crippen molar-refractivity contribution in [2.75, 3.05) is 92.6 Å². The van der Waals surface area contributed by atoms with Crippen molar-refractivity contribution in [2.45, 2.75) is 228 Å². The first-order chi connectivity index (χ1) is 47.3. The third kappa shape index (κ3) is 36.0. The second-order valence-electron chi connectivity index (χ2n) is 24.3. The fourth-order valence-corrected chi connectivity index (χ4v) is 12.6. The molecule has 0 radical (unpaired) electrons. The van der Waals surface area contributed by atoms with Gasteiger partial charge in [-0.2, -0.15) is 4.67 Å². The van der Waals surface area contributed by atoms with E-state index < -0.39 is 222 Å². The van der Waals surface area contributed by atoms with E-state index in [0.717, 1.165) is 13.3 Å². The van der Waals surface area contributed by atoms with Gasteiger partial charge < -0.3 is 125 Å². The normalized spacial score (nSPS) is 28.1. The van der Waals surface area contributed by atoms with E-state index in [1.54, 1.807) is 6.92 Å². The Morgan fingerprint density at radius 3 is 1.07 bits per heavy atom. The van der Waals surface area contributed by atoms with Gasteiger partial charge in [0.2, 0.25) is 35.4 Å². The molecule has 40 nitrogen and oxygen atoms in total. The molecule has 21 unspecified atom stereocenters. The van der Waals surface area contributed by atoms with Crippen molar-refractivity contribution in [1.82, 2.24) is 31.9 Å². The van der Waals surface area contributed by atoms with Crippen LogP contribution in [0, 0.1) is 5.92 Å². The maximum Gasteiger partial charge on any atom is 0.472 e. The number of aliphatic hydroxyl groups is 9. The molecule has 21 atom stereocenters. The van der Waals surface area contributed by atoms with Crippen molar-refractivity contribution in [1.29, 1.82) is 0 Å². The van der Waals surface area contributed by atoms with E-state index in [0.29, 0.717) is 70.6 Å². The van der Waals surface area contributed by atoms with Crippen molar-refractivity contribution in [3.05, 3.63) is 0 Å². The van der Waals surface area contributed by atoms with Gasteiger partial charge in [0.15, 0.2) is 18.9 Å². The number of carbonyl (C=O) groups is 6. The van der Waals surface area contributed by atoms with E-state index in [4.69, 9.17) is 66.8 Å². The lowest BCUT2D eigenvalue weighted by Crippen LogP contribution is -2.64.